The molecule has 3 aromatic rings. The van der Waals surface area contributed by atoms with Gasteiger partial charge in [-0.15, -0.1) is 0 Å². The summed E-state index contributed by atoms with van der Waals surface area (Å²) in [5, 5.41) is 0.593. The zero-order valence-electron chi connectivity index (χ0n) is 11.1. The van der Waals surface area contributed by atoms with Gasteiger partial charge in [0.25, 0.3) is 0 Å². The van der Waals surface area contributed by atoms with Crippen molar-refractivity contribution in [3.05, 3.63) is 48.0 Å². The fraction of sp³-hybridized carbons (Fsp3) is 0.0667. The van der Waals surface area contributed by atoms with E-state index in [4.69, 9.17) is 10.5 Å². The van der Waals surface area contributed by atoms with Crippen molar-refractivity contribution in [2.24, 2.45) is 0 Å². The fourth-order valence-corrected chi connectivity index (χ4v) is 2.06. The van der Waals surface area contributed by atoms with E-state index in [1.807, 2.05) is 0 Å². The van der Waals surface area contributed by atoms with E-state index in [1.165, 1.54) is 19.2 Å². The molecule has 4 nitrogen and oxygen atoms in total. The van der Waals surface area contributed by atoms with Crippen molar-refractivity contribution in [3.63, 3.8) is 0 Å². The minimum absolute atomic E-state index is 0.0283. The van der Waals surface area contributed by atoms with Gasteiger partial charge in [0.15, 0.2) is 17.5 Å². The van der Waals surface area contributed by atoms with Crippen LogP contribution in [0.1, 0.15) is 0 Å². The Morgan fingerprint density at radius 1 is 1.10 bits per heavy atom. The molecule has 0 amide bonds. The van der Waals surface area contributed by atoms with Gasteiger partial charge in [0, 0.05) is 5.39 Å². The summed E-state index contributed by atoms with van der Waals surface area (Å²) in [5.74, 6) is -1.11. The van der Waals surface area contributed by atoms with Crippen LogP contribution in [0, 0.1) is 11.6 Å². The molecular formula is C15H11F2N3O. The van der Waals surface area contributed by atoms with Crippen molar-refractivity contribution in [3.8, 4) is 17.1 Å². The first-order valence-electron chi connectivity index (χ1n) is 6.16. The molecule has 0 atom stereocenters. The van der Waals surface area contributed by atoms with E-state index in [0.29, 0.717) is 16.7 Å². The predicted octanol–water partition coefficient (Wildman–Crippen LogP) is 3.17. The summed E-state index contributed by atoms with van der Waals surface area (Å²) in [5.41, 5.74) is 6.38. The lowest BCUT2D eigenvalue weighted by Crippen LogP contribution is -2.00. The Balaban J connectivity index is 2.23. The Morgan fingerprint density at radius 3 is 2.67 bits per heavy atom. The van der Waals surface area contributed by atoms with Gasteiger partial charge in [0.05, 0.1) is 18.2 Å². The van der Waals surface area contributed by atoms with Gasteiger partial charge in [-0.05, 0) is 30.3 Å². The zero-order chi connectivity index (χ0) is 15.0. The maximum absolute atomic E-state index is 13.8. The number of rotatable bonds is 2. The number of halogens is 2. The second kappa shape index (κ2) is 4.97. The van der Waals surface area contributed by atoms with Crippen LogP contribution in [-0.2, 0) is 0 Å². The summed E-state index contributed by atoms with van der Waals surface area (Å²) < 4.78 is 32.2. The Kier molecular flexibility index (Phi) is 3.13. The average molecular weight is 287 g/mol. The van der Waals surface area contributed by atoms with E-state index in [9.17, 15) is 8.78 Å². The summed E-state index contributed by atoms with van der Waals surface area (Å²) in [6.45, 7) is 0. The Bertz CT molecular complexity index is 837. The number of benzene rings is 2. The van der Waals surface area contributed by atoms with Gasteiger partial charge in [-0.1, -0.05) is 6.07 Å². The van der Waals surface area contributed by atoms with Gasteiger partial charge >= 0.3 is 0 Å². The van der Waals surface area contributed by atoms with Gasteiger partial charge in [0.1, 0.15) is 11.6 Å². The van der Waals surface area contributed by atoms with Crippen molar-refractivity contribution in [2.75, 3.05) is 12.8 Å². The average Bonchev–Trinajstić information content (AvgIpc) is 2.49. The molecule has 2 N–H and O–H groups in total. The molecule has 0 bridgehead atoms. The van der Waals surface area contributed by atoms with E-state index in [-0.39, 0.29) is 17.2 Å². The zero-order valence-corrected chi connectivity index (χ0v) is 11.1. The molecule has 0 aliphatic carbocycles. The summed E-state index contributed by atoms with van der Waals surface area (Å²) in [4.78, 5) is 8.28. The van der Waals surface area contributed by atoms with Crippen molar-refractivity contribution < 1.29 is 13.5 Å². The molecule has 0 radical (unpaired) electrons. The Morgan fingerprint density at radius 2 is 1.90 bits per heavy atom. The van der Waals surface area contributed by atoms with Gasteiger partial charge < -0.3 is 10.5 Å². The molecule has 1 heterocycles. The molecule has 2 aromatic carbocycles. The SMILES string of the molecule is COc1ccc2nc(-c3cccc(F)c3F)nc(N)c2c1. The van der Waals surface area contributed by atoms with E-state index in [1.54, 1.807) is 18.2 Å². The number of nitrogens with two attached hydrogens (primary N) is 1. The van der Waals surface area contributed by atoms with Crippen LogP contribution in [0.15, 0.2) is 36.4 Å². The number of nitrogens with zero attached hydrogens (tertiary/aromatic N) is 2. The maximum Gasteiger partial charge on any atom is 0.169 e. The summed E-state index contributed by atoms with van der Waals surface area (Å²) >= 11 is 0. The number of anilines is 1. The van der Waals surface area contributed by atoms with Crippen LogP contribution in [-0.4, -0.2) is 17.1 Å². The van der Waals surface area contributed by atoms with E-state index in [2.05, 4.69) is 9.97 Å². The highest BCUT2D eigenvalue weighted by molar-refractivity contribution is 5.90. The molecule has 0 saturated carbocycles. The van der Waals surface area contributed by atoms with Crippen molar-refractivity contribution in [1.29, 1.82) is 0 Å². The van der Waals surface area contributed by atoms with Gasteiger partial charge in [-0.2, -0.15) is 0 Å². The van der Waals surface area contributed by atoms with E-state index < -0.39 is 11.6 Å². The number of hydrogen-bond acceptors (Lipinski definition) is 4. The van der Waals surface area contributed by atoms with Crippen molar-refractivity contribution in [1.82, 2.24) is 9.97 Å². The normalized spacial score (nSPS) is 10.8. The van der Waals surface area contributed by atoms with Crippen LogP contribution in [0.4, 0.5) is 14.6 Å². The van der Waals surface area contributed by atoms with Gasteiger partial charge in [0.2, 0.25) is 0 Å². The molecule has 0 aliphatic rings. The number of ether oxygens (including phenoxy) is 1. The second-order valence-corrected chi connectivity index (χ2v) is 4.42. The molecule has 3 rings (SSSR count). The Labute approximate surface area is 119 Å². The minimum atomic E-state index is -0.996. The molecule has 6 heteroatoms. The number of methoxy groups -OCH3 is 1. The summed E-state index contributed by atoms with van der Waals surface area (Å²) in [7, 11) is 1.54. The topological polar surface area (TPSA) is 61.0 Å². The highest BCUT2D eigenvalue weighted by atomic mass is 19.2. The van der Waals surface area contributed by atoms with Crippen LogP contribution >= 0.6 is 0 Å². The number of hydrogen-bond donors (Lipinski definition) is 1. The number of nitrogen functional groups attached to an aromatic ring is 1. The second-order valence-electron chi connectivity index (χ2n) is 4.42. The third kappa shape index (κ3) is 2.24. The fourth-order valence-electron chi connectivity index (χ4n) is 2.06. The van der Waals surface area contributed by atoms with Crippen LogP contribution in [0.2, 0.25) is 0 Å². The molecule has 0 fully saturated rings. The van der Waals surface area contributed by atoms with Crippen LogP contribution < -0.4 is 10.5 Å². The van der Waals surface area contributed by atoms with Gasteiger partial charge in [-0.25, -0.2) is 18.7 Å². The quantitative estimate of drug-likeness (QED) is 0.786. The highest BCUT2D eigenvalue weighted by Crippen LogP contribution is 2.28. The van der Waals surface area contributed by atoms with Crippen molar-refractivity contribution in [2.45, 2.75) is 0 Å². The Hall–Kier alpha value is -2.76. The van der Waals surface area contributed by atoms with Crippen molar-refractivity contribution >= 4 is 16.7 Å². The third-order valence-electron chi connectivity index (χ3n) is 3.12. The number of aromatic nitrogens is 2. The monoisotopic (exact) mass is 287 g/mol. The molecule has 1 aromatic heterocycles. The lowest BCUT2D eigenvalue weighted by molar-refractivity contribution is 0.415. The molecule has 21 heavy (non-hydrogen) atoms. The number of fused-ring (bicyclic) bond motifs is 1. The first-order chi connectivity index (χ1) is 10.1. The standard InChI is InChI=1S/C15H11F2N3O/c1-21-8-5-6-12-10(7-8)14(18)20-15(19-12)9-3-2-4-11(16)13(9)17/h2-7H,1H3,(H2,18,19,20). The smallest absolute Gasteiger partial charge is 0.169 e. The first-order valence-corrected chi connectivity index (χ1v) is 6.16. The molecule has 0 saturated heterocycles. The lowest BCUT2D eigenvalue weighted by atomic mass is 10.1. The maximum atomic E-state index is 13.8. The summed E-state index contributed by atoms with van der Waals surface area (Å²) in [6, 6.07) is 8.92. The lowest BCUT2D eigenvalue weighted by Gasteiger charge is -2.08. The van der Waals surface area contributed by atoms with E-state index in [0.717, 1.165) is 6.07 Å². The largest absolute Gasteiger partial charge is 0.497 e. The van der Waals surface area contributed by atoms with Crippen LogP contribution in [0.25, 0.3) is 22.3 Å². The van der Waals surface area contributed by atoms with Crippen LogP contribution in [0.3, 0.4) is 0 Å². The van der Waals surface area contributed by atoms with Crippen LogP contribution in [0.5, 0.6) is 5.75 Å². The molecule has 0 aliphatic heterocycles. The van der Waals surface area contributed by atoms with E-state index >= 15 is 0 Å². The molecule has 106 valence electrons. The third-order valence-corrected chi connectivity index (χ3v) is 3.12. The predicted molar refractivity (Wildman–Crippen MR) is 75.9 cm³/mol. The highest BCUT2D eigenvalue weighted by Gasteiger charge is 2.14. The molecular weight excluding hydrogens is 276 g/mol. The minimum Gasteiger partial charge on any atom is -0.497 e. The molecule has 0 spiro atoms. The summed E-state index contributed by atoms with van der Waals surface area (Å²) in [6.07, 6.45) is 0. The molecule has 0 unspecified atom stereocenters. The van der Waals surface area contributed by atoms with Gasteiger partial charge in [-0.3, -0.25) is 0 Å². The first kappa shape index (κ1) is 13.2.